The minimum absolute atomic E-state index is 0.00785. The van der Waals surface area contributed by atoms with Crippen molar-refractivity contribution in [3.63, 3.8) is 0 Å². The number of amides is 1. The summed E-state index contributed by atoms with van der Waals surface area (Å²) in [5, 5.41) is 2.82. The molecule has 1 aliphatic rings. The van der Waals surface area contributed by atoms with Crippen LogP contribution in [-0.4, -0.2) is 5.91 Å². The van der Waals surface area contributed by atoms with E-state index in [0.29, 0.717) is 5.56 Å². The Balaban J connectivity index is 2.00. The topological polar surface area (TPSA) is 29.1 Å². The van der Waals surface area contributed by atoms with Crippen molar-refractivity contribution < 1.29 is 13.6 Å². The Morgan fingerprint density at radius 2 is 2.06 bits per heavy atom. The first-order valence-corrected chi connectivity index (χ1v) is 5.83. The Morgan fingerprint density at radius 1 is 1.35 bits per heavy atom. The minimum atomic E-state index is -0.882. The summed E-state index contributed by atoms with van der Waals surface area (Å²) >= 11 is 0. The highest BCUT2D eigenvalue weighted by Crippen LogP contribution is 2.27. The highest BCUT2D eigenvalue weighted by molar-refractivity contribution is 5.79. The second-order valence-corrected chi connectivity index (χ2v) is 4.53. The molecular weight excluding hydrogens is 224 g/mol. The molecule has 0 bridgehead atoms. The largest absolute Gasteiger partial charge is 0.349 e. The standard InChI is InChI=1S/C13H15F2NO/c1-8(16-13(17)9-3-2-4-9)10-5-6-11(14)12(15)7-10/h5-9H,2-4H2,1H3,(H,16,17). The first-order chi connectivity index (χ1) is 8.08. The Kier molecular flexibility index (Phi) is 3.41. The lowest BCUT2D eigenvalue weighted by molar-refractivity contribution is -0.128. The van der Waals surface area contributed by atoms with Crippen LogP contribution in [-0.2, 0) is 4.79 Å². The summed E-state index contributed by atoms with van der Waals surface area (Å²) in [4.78, 5) is 11.7. The van der Waals surface area contributed by atoms with Crippen molar-refractivity contribution >= 4 is 5.91 Å². The van der Waals surface area contributed by atoms with Crippen molar-refractivity contribution in [3.05, 3.63) is 35.4 Å². The van der Waals surface area contributed by atoms with Crippen LogP contribution in [0.2, 0.25) is 0 Å². The van der Waals surface area contributed by atoms with Crippen LogP contribution in [0, 0.1) is 17.6 Å². The molecule has 1 saturated carbocycles. The highest BCUT2D eigenvalue weighted by Gasteiger charge is 2.26. The van der Waals surface area contributed by atoms with Crippen LogP contribution in [0.25, 0.3) is 0 Å². The Bertz CT molecular complexity index is 429. The molecule has 0 aliphatic heterocycles. The van der Waals surface area contributed by atoms with Gasteiger partial charge in [-0.25, -0.2) is 8.78 Å². The third-order valence-corrected chi connectivity index (χ3v) is 3.28. The van der Waals surface area contributed by atoms with E-state index in [9.17, 15) is 13.6 Å². The number of carbonyl (C=O) groups is 1. The van der Waals surface area contributed by atoms with Gasteiger partial charge in [-0.3, -0.25) is 4.79 Å². The molecule has 1 fully saturated rings. The zero-order valence-corrected chi connectivity index (χ0v) is 9.67. The van der Waals surface area contributed by atoms with Gasteiger partial charge >= 0.3 is 0 Å². The summed E-state index contributed by atoms with van der Waals surface area (Å²) in [5.41, 5.74) is 0.580. The summed E-state index contributed by atoms with van der Waals surface area (Å²) in [5.74, 6) is -1.64. The van der Waals surface area contributed by atoms with Gasteiger partial charge in [0.2, 0.25) is 5.91 Å². The van der Waals surface area contributed by atoms with Crippen LogP contribution in [0.1, 0.15) is 37.8 Å². The van der Waals surface area contributed by atoms with Gasteiger partial charge in [0.15, 0.2) is 11.6 Å². The van der Waals surface area contributed by atoms with Gasteiger partial charge in [0.25, 0.3) is 0 Å². The van der Waals surface area contributed by atoms with Crippen LogP contribution in [0.3, 0.4) is 0 Å². The van der Waals surface area contributed by atoms with Gasteiger partial charge in [-0.05, 0) is 37.5 Å². The molecule has 92 valence electrons. The van der Waals surface area contributed by atoms with Crippen molar-refractivity contribution in [1.29, 1.82) is 0 Å². The zero-order valence-electron chi connectivity index (χ0n) is 9.67. The molecule has 0 aromatic heterocycles. The van der Waals surface area contributed by atoms with Crippen LogP contribution < -0.4 is 5.32 Å². The first-order valence-electron chi connectivity index (χ1n) is 5.83. The molecule has 0 radical (unpaired) electrons. The summed E-state index contributed by atoms with van der Waals surface area (Å²) in [6.45, 7) is 1.77. The molecule has 2 nitrogen and oxygen atoms in total. The van der Waals surface area contributed by atoms with Crippen LogP contribution in [0.15, 0.2) is 18.2 Å². The average Bonchev–Trinajstić information content (AvgIpc) is 2.19. The third-order valence-electron chi connectivity index (χ3n) is 3.28. The smallest absolute Gasteiger partial charge is 0.223 e. The molecule has 0 spiro atoms. The second kappa shape index (κ2) is 4.82. The number of hydrogen-bond donors (Lipinski definition) is 1. The molecule has 4 heteroatoms. The van der Waals surface area contributed by atoms with E-state index in [1.165, 1.54) is 6.07 Å². The van der Waals surface area contributed by atoms with Gasteiger partial charge in [0.1, 0.15) is 0 Å². The van der Waals surface area contributed by atoms with Gasteiger partial charge in [-0.2, -0.15) is 0 Å². The lowest BCUT2D eigenvalue weighted by Crippen LogP contribution is -2.36. The molecule has 1 amide bonds. The van der Waals surface area contributed by atoms with Crippen molar-refractivity contribution in [2.75, 3.05) is 0 Å². The normalized spacial score (nSPS) is 17.4. The third kappa shape index (κ3) is 2.62. The predicted octanol–water partition coefficient (Wildman–Crippen LogP) is 2.94. The van der Waals surface area contributed by atoms with Crippen LogP contribution in [0.5, 0.6) is 0 Å². The van der Waals surface area contributed by atoms with E-state index in [0.717, 1.165) is 31.4 Å². The number of rotatable bonds is 3. The predicted molar refractivity (Wildman–Crippen MR) is 60.3 cm³/mol. The van der Waals surface area contributed by atoms with Crippen molar-refractivity contribution in [2.45, 2.75) is 32.2 Å². The quantitative estimate of drug-likeness (QED) is 0.863. The monoisotopic (exact) mass is 239 g/mol. The molecular formula is C13H15F2NO. The van der Waals surface area contributed by atoms with E-state index in [2.05, 4.69) is 5.32 Å². The summed E-state index contributed by atoms with van der Waals surface area (Å²) in [6.07, 6.45) is 2.95. The van der Waals surface area contributed by atoms with E-state index in [1.807, 2.05) is 0 Å². The van der Waals surface area contributed by atoms with E-state index in [4.69, 9.17) is 0 Å². The summed E-state index contributed by atoms with van der Waals surface area (Å²) < 4.78 is 25.8. The number of halogens is 2. The molecule has 1 atom stereocenters. The fourth-order valence-electron chi connectivity index (χ4n) is 1.87. The van der Waals surface area contributed by atoms with Gasteiger partial charge in [-0.15, -0.1) is 0 Å². The number of benzene rings is 1. The van der Waals surface area contributed by atoms with Crippen LogP contribution in [0.4, 0.5) is 8.78 Å². The Morgan fingerprint density at radius 3 is 2.59 bits per heavy atom. The SMILES string of the molecule is CC(NC(=O)C1CCC1)c1ccc(F)c(F)c1. The average molecular weight is 239 g/mol. The molecule has 1 aromatic rings. The summed E-state index contributed by atoms with van der Waals surface area (Å²) in [6, 6.07) is 3.40. The lowest BCUT2D eigenvalue weighted by atomic mass is 9.84. The van der Waals surface area contributed by atoms with Gasteiger partial charge in [0, 0.05) is 5.92 Å². The number of nitrogens with one attached hydrogen (secondary N) is 1. The van der Waals surface area contributed by atoms with Gasteiger partial charge in [-0.1, -0.05) is 12.5 Å². The fraction of sp³-hybridized carbons (Fsp3) is 0.462. The lowest BCUT2D eigenvalue weighted by Gasteiger charge is -2.26. The minimum Gasteiger partial charge on any atom is -0.349 e. The molecule has 0 saturated heterocycles. The van der Waals surface area contributed by atoms with Gasteiger partial charge < -0.3 is 5.32 Å². The summed E-state index contributed by atoms with van der Waals surface area (Å²) in [7, 11) is 0. The first kappa shape index (κ1) is 12.0. The van der Waals surface area contributed by atoms with Crippen molar-refractivity contribution in [1.82, 2.24) is 5.32 Å². The molecule has 1 aromatic carbocycles. The van der Waals surface area contributed by atoms with Crippen LogP contribution >= 0.6 is 0 Å². The Hall–Kier alpha value is -1.45. The highest BCUT2D eigenvalue weighted by atomic mass is 19.2. The molecule has 1 unspecified atom stereocenters. The van der Waals surface area contributed by atoms with E-state index in [1.54, 1.807) is 6.92 Å². The van der Waals surface area contributed by atoms with Gasteiger partial charge in [0.05, 0.1) is 6.04 Å². The Labute approximate surface area is 99.0 Å². The molecule has 1 aliphatic carbocycles. The molecule has 2 rings (SSSR count). The number of carbonyl (C=O) groups excluding carboxylic acids is 1. The maximum absolute atomic E-state index is 13.0. The molecule has 1 N–H and O–H groups in total. The van der Waals surface area contributed by atoms with E-state index < -0.39 is 11.6 Å². The van der Waals surface area contributed by atoms with Crippen molar-refractivity contribution in [2.24, 2.45) is 5.92 Å². The second-order valence-electron chi connectivity index (χ2n) is 4.53. The van der Waals surface area contributed by atoms with E-state index in [-0.39, 0.29) is 17.9 Å². The maximum Gasteiger partial charge on any atom is 0.223 e. The van der Waals surface area contributed by atoms with E-state index >= 15 is 0 Å². The molecule has 0 heterocycles. The molecule has 17 heavy (non-hydrogen) atoms. The zero-order chi connectivity index (χ0) is 12.4. The van der Waals surface area contributed by atoms with Crippen molar-refractivity contribution in [3.8, 4) is 0 Å². The fourth-order valence-corrected chi connectivity index (χ4v) is 1.87. The number of hydrogen-bond acceptors (Lipinski definition) is 1. The maximum atomic E-state index is 13.0.